The molecule has 3 aliphatic rings. The molecule has 0 saturated carbocycles. The third-order valence-corrected chi connectivity index (χ3v) is 12.1. The number of hydrogen-bond acceptors (Lipinski definition) is 1. The number of aromatic nitrogens is 1. The minimum absolute atomic E-state index is 0.0698. The monoisotopic (exact) mass is 684 g/mol. The van der Waals surface area contributed by atoms with Gasteiger partial charge in [0.2, 0.25) is 0 Å². The Bertz CT molecular complexity index is 2560. The van der Waals surface area contributed by atoms with Crippen LogP contribution in [-0.2, 0) is 18.3 Å². The summed E-state index contributed by atoms with van der Waals surface area (Å²) in [5, 5.41) is 1.40. The Morgan fingerprint density at radius 2 is 1.25 bits per heavy atom. The van der Waals surface area contributed by atoms with Crippen LogP contribution in [0.25, 0.3) is 44.4 Å². The predicted octanol–water partition coefficient (Wildman–Crippen LogP) is 13.7. The molecule has 0 spiro atoms. The van der Waals surface area contributed by atoms with Crippen LogP contribution < -0.4 is 4.90 Å². The summed E-state index contributed by atoms with van der Waals surface area (Å²) in [7, 11) is 0. The SMILES string of the molecule is CC1(C)c2ccccc2-c2ccc(N(c3ccc(C4=CC=CCC4)cc3)c3ccc(-c4ccc5c(c4)c4c(n5-c5ccccc5)CCCC4)cc3)cc21. The van der Waals surface area contributed by atoms with Crippen molar-refractivity contribution in [2.75, 3.05) is 4.90 Å². The molecule has 53 heavy (non-hydrogen) atoms. The zero-order chi connectivity index (χ0) is 35.5. The van der Waals surface area contributed by atoms with Crippen LogP contribution in [0.3, 0.4) is 0 Å². The Morgan fingerprint density at radius 1 is 0.566 bits per heavy atom. The van der Waals surface area contributed by atoms with Crippen LogP contribution in [0.5, 0.6) is 0 Å². The summed E-state index contributed by atoms with van der Waals surface area (Å²) in [5.41, 5.74) is 19.7. The Kier molecular flexibility index (Phi) is 7.61. The van der Waals surface area contributed by atoms with Crippen molar-refractivity contribution in [3.63, 3.8) is 0 Å². The number of aryl methyl sites for hydroxylation is 1. The molecular formula is C51H44N2. The summed E-state index contributed by atoms with van der Waals surface area (Å²) in [6.07, 6.45) is 13.7. The largest absolute Gasteiger partial charge is 0.313 e. The zero-order valence-electron chi connectivity index (χ0n) is 30.6. The van der Waals surface area contributed by atoms with E-state index in [1.165, 1.54) is 90.9 Å². The third-order valence-electron chi connectivity index (χ3n) is 12.1. The number of para-hydroxylation sites is 1. The topological polar surface area (TPSA) is 8.17 Å². The second kappa shape index (κ2) is 12.7. The maximum absolute atomic E-state index is 2.51. The van der Waals surface area contributed by atoms with Gasteiger partial charge in [-0.2, -0.15) is 0 Å². The molecule has 0 aliphatic heterocycles. The summed E-state index contributed by atoms with van der Waals surface area (Å²) < 4.78 is 2.51. The Balaban J connectivity index is 1.05. The van der Waals surface area contributed by atoms with E-state index in [0.29, 0.717) is 0 Å². The van der Waals surface area contributed by atoms with Gasteiger partial charge in [0.25, 0.3) is 0 Å². The lowest BCUT2D eigenvalue weighted by Crippen LogP contribution is -2.16. The third kappa shape index (κ3) is 5.31. The van der Waals surface area contributed by atoms with Gasteiger partial charge >= 0.3 is 0 Å². The smallest absolute Gasteiger partial charge is 0.0534 e. The molecule has 0 fully saturated rings. The summed E-state index contributed by atoms with van der Waals surface area (Å²) >= 11 is 0. The van der Waals surface area contributed by atoms with E-state index in [1.54, 1.807) is 0 Å². The fourth-order valence-corrected chi connectivity index (χ4v) is 9.35. The van der Waals surface area contributed by atoms with Gasteiger partial charge in [-0.25, -0.2) is 0 Å². The fraction of sp³-hybridized carbons (Fsp3) is 0.176. The predicted molar refractivity (Wildman–Crippen MR) is 224 cm³/mol. The fourth-order valence-electron chi connectivity index (χ4n) is 9.35. The minimum Gasteiger partial charge on any atom is -0.313 e. The molecule has 1 heterocycles. The van der Waals surface area contributed by atoms with E-state index in [-0.39, 0.29) is 5.41 Å². The second-order valence-electron chi connectivity index (χ2n) is 15.5. The maximum Gasteiger partial charge on any atom is 0.0534 e. The van der Waals surface area contributed by atoms with Gasteiger partial charge in [-0.05, 0) is 149 Å². The average molecular weight is 685 g/mol. The van der Waals surface area contributed by atoms with E-state index >= 15 is 0 Å². The number of nitrogens with zero attached hydrogens (tertiary/aromatic N) is 2. The van der Waals surface area contributed by atoms with Crippen molar-refractivity contribution in [3.8, 4) is 27.9 Å². The summed E-state index contributed by atoms with van der Waals surface area (Å²) in [6.45, 7) is 4.73. The molecule has 258 valence electrons. The minimum atomic E-state index is -0.0698. The van der Waals surface area contributed by atoms with Crippen molar-refractivity contribution in [2.45, 2.75) is 57.8 Å². The summed E-state index contributed by atoms with van der Waals surface area (Å²) in [4.78, 5) is 2.43. The average Bonchev–Trinajstić information content (AvgIpc) is 3.67. The lowest BCUT2D eigenvalue weighted by Gasteiger charge is -2.28. The Labute approximate surface area is 313 Å². The number of benzene rings is 6. The van der Waals surface area contributed by atoms with Crippen molar-refractivity contribution < 1.29 is 0 Å². The number of rotatable bonds is 6. The molecule has 3 aliphatic carbocycles. The van der Waals surface area contributed by atoms with E-state index in [0.717, 1.165) is 37.1 Å². The molecule has 0 radical (unpaired) electrons. The first-order valence-corrected chi connectivity index (χ1v) is 19.4. The van der Waals surface area contributed by atoms with Crippen molar-refractivity contribution in [1.82, 2.24) is 4.57 Å². The van der Waals surface area contributed by atoms with E-state index in [4.69, 9.17) is 0 Å². The molecule has 10 rings (SSSR count). The van der Waals surface area contributed by atoms with Gasteiger partial charge in [-0.1, -0.05) is 111 Å². The van der Waals surface area contributed by atoms with E-state index in [9.17, 15) is 0 Å². The van der Waals surface area contributed by atoms with Crippen LogP contribution in [0, 0.1) is 0 Å². The Morgan fingerprint density at radius 3 is 2.02 bits per heavy atom. The van der Waals surface area contributed by atoms with Crippen LogP contribution in [0.4, 0.5) is 17.1 Å². The normalized spacial score (nSPS) is 15.5. The van der Waals surface area contributed by atoms with Crippen LogP contribution in [-0.4, -0.2) is 4.57 Å². The first-order valence-electron chi connectivity index (χ1n) is 19.4. The van der Waals surface area contributed by atoms with Crippen LogP contribution >= 0.6 is 0 Å². The highest BCUT2D eigenvalue weighted by molar-refractivity contribution is 5.92. The number of hydrogen-bond donors (Lipinski definition) is 0. The van der Waals surface area contributed by atoms with Gasteiger partial charge in [0.1, 0.15) is 0 Å². The molecule has 0 unspecified atom stereocenters. The molecule has 0 atom stereocenters. The highest BCUT2D eigenvalue weighted by Crippen LogP contribution is 2.50. The summed E-state index contributed by atoms with van der Waals surface area (Å²) in [6, 6.07) is 52.4. The standard InChI is InChI=1S/C51H44N2/c1-51(2)47-19-11-9-17-43(47)44-31-30-42(34-48(44)51)52(40-26-21-36(22-27-40)35-13-5-3-6-14-35)41-28-23-37(24-29-41)38-25-32-50-46(33-38)45-18-10-12-20-49(45)53(50)39-15-7-4-8-16-39/h3-5,7-9,11,13,15-17,19,21-34H,6,10,12,14,18,20H2,1-2H3. The van der Waals surface area contributed by atoms with Crippen molar-refractivity contribution >= 4 is 33.5 Å². The van der Waals surface area contributed by atoms with Crippen LogP contribution in [0.15, 0.2) is 158 Å². The first kappa shape index (κ1) is 31.8. The molecule has 6 aromatic carbocycles. The van der Waals surface area contributed by atoms with Gasteiger partial charge in [0.15, 0.2) is 0 Å². The zero-order valence-corrected chi connectivity index (χ0v) is 30.6. The first-order chi connectivity index (χ1) is 26.0. The molecule has 0 amide bonds. The highest BCUT2D eigenvalue weighted by atomic mass is 15.1. The van der Waals surface area contributed by atoms with Gasteiger partial charge in [-0.3, -0.25) is 0 Å². The Hall–Kier alpha value is -5.86. The van der Waals surface area contributed by atoms with Crippen molar-refractivity contribution in [1.29, 1.82) is 0 Å². The molecule has 0 bridgehead atoms. The van der Waals surface area contributed by atoms with Crippen LogP contribution in [0.2, 0.25) is 0 Å². The van der Waals surface area contributed by atoms with Gasteiger partial charge in [0, 0.05) is 39.2 Å². The molecule has 0 saturated heterocycles. The maximum atomic E-state index is 2.51. The lowest BCUT2D eigenvalue weighted by molar-refractivity contribution is 0.660. The second-order valence-corrected chi connectivity index (χ2v) is 15.5. The van der Waals surface area contributed by atoms with E-state index in [1.807, 2.05) is 0 Å². The van der Waals surface area contributed by atoms with Crippen molar-refractivity contribution in [3.05, 3.63) is 186 Å². The molecular weight excluding hydrogens is 641 g/mol. The number of allylic oxidation sites excluding steroid dienone is 4. The van der Waals surface area contributed by atoms with Crippen LogP contribution in [0.1, 0.15) is 67.5 Å². The lowest BCUT2D eigenvalue weighted by atomic mass is 9.82. The van der Waals surface area contributed by atoms with Gasteiger partial charge < -0.3 is 9.47 Å². The van der Waals surface area contributed by atoms with E-state index < -0.39 is 0 Å². The molecule has 2 heteroatoms. The van der Waals surface area contributed by atoms with E-state index in [2.05, 4.69) is 181 Å². The molecule has 2 nitrogen and oxygen atoms in total. The molecule has 1 aromatic heterocycles. The quantitative estimate of drug-likeness (QED) is 0.169. The van der Waals surface area contributed by atoms with Crippen molar-refractivity contribution in [2.24, 2.45) is 0 Å². The van der Waals surface area contributed by atoms with Gasteiger partial charge in [0.05, 0.1) is 5.52 Å². The number of fused-ring (bicyclic) bond motifs is 6. The highest BCUT2D eigenvalue weighted by Gasteiger charge is 2.35. The molecule has 7 aromatic rings. The number of anilines is 3. The van der Waals surface area contributed by atoms with Gasteiger partial charge in [-0.15, -0.1) is 0 Å². The molecule has 0 N–H and O–H groups in total. The summed E-state index contributed by atoms with van der Waals surface area (Å²) in [5.74, 6) is 0.